The number of carbonyl (C=O) groups excluding carboxylic acids is 1. The van der Waals surface area contributed by atoms with Crippen LogP contribution in [0, 0.1) is 20.8 Å². The van der Waals surface area contributed by atoms with Gasteiger partial charge in [-0.2, -0.15) is 0 Å². The van der Waals surface area contributed by atoms with Crippen LogP contribution in [0.15, 0.2) is 22.6 Å². The predicted molar refractivity (Wildman–Crippen MR) is 75.4 cm³/mol. The second-order valence-corrected chi connectivity index (χ2v) is 4.79. The summed E-state index contributed by atoms with van der Waals surface area (Å²) in [4.78, 5) is 20.8. The van der Waals surface area contributed by atoms with Gasteiger partial charge in [0.1, 0.15) is 0 Å². The zero-order valence-corrected chi connectivity index (χ0v) is 12.2. The third-order valence-electron chi connectivity index (χ3n) is 3.09. The number of pyridine rings is 1. The summed E-state index contributed by atoms with van der Waals surface area (Å²) < 4.78 is 5.34. The van der Waals surface area contributed by atoms with E-state index < -0.39 is 0 Å². The van der Waals surface area contributed by atoms with Gasteiger partial charge in [0, 0.05) is 12.6 Å². The second kappa shape index (κ2) is 5.86. The summed E-state index contributed by atoms with van der Waals surface area (Å²) in [5.41, 5.74) is 2.39. The van der Waals surface area contributed by atoms with Crippen LogP contribution in [0.1, 0.15) is 52.9 Å². The molecule has 5 heteroatoms. The topological polar surface area (TPSA) is 68.0 Å². The molecule has 1 N–H and O–H groups in total. The molecule has 0 aliphatic heterocycles. The molecule has 2 aromatic heterocycles. The van der Waals surface area contributed by atoms with E-state index in [-0.39, 0.29) is 17.7 Å². The average Bonchev–Trinajstić information content (AvgIpc) is 2.75. The van der Waals surface area contributed by atoms with E-state index in [1.54, 1.807) is 13.8 Å². The van der Waals surface area contributed by atoms with Gasteiger partial charge >= 0.3 is 0 Å². The molecule has 0 bridgehead atoms. The number of rotatable bonds is 4. The Morgan fingerprint density at radius 2 is 2.05 bits per heavy atom. The van der Waals surface area contributed by atoms with Crippen molar-refractivity contribution in [1.82, 2.24) is 15.3 Å². The molecule has 2 heterocycles. The molecule has 0 aromatic carbocycles. The van der Waals surface area contributed by atoms with Gasteiger partial charge in [-0.3, -0.25) is 9.78 Å². The van der Waals surface area contributed by atoms with Gasteiger partial charge in [0.05, 0.1) is 17.4 Å². The molecule has 20 heavy (non-hydrogen) atoms. The lowest BCUT2D eigenvalue weighted by molar-refractivity contribution is 0.0904. The van der Waals surface area contributed by atoms with Crippen molar-refractivity contribution in [3.63, 3.8) is 0 Å². The quantitative estimate of drug-likeness (QED) is 0.930. The van der Waals surface area contributed by atoms with E-state index >= 15 is 0 Å². The molecule has 5 nitrogen and oxygen atoms in total. The summed E-state index contributed by atoms with van der Waals surface area (Å²) in [7, 11) is 0. The van der Waals surface area contributed by atoms with Gasteiger partial charge < -0.3 is 9.73 Å². The molecule has 2 aromatic rings. The van der Waals surface area contributed by atoms with Crippen LogP contribution in [0.5, 0.6) is 0 Å². The number of aryl methyl sites for hydroxylation is 3. The van der Waals surface area contributed by atoms with Crippen LogP contribution in [0.4, 0.5) is 0 Å². The Hall–Kier alpha value is -2.17. The standard InChI is InChI=1S/C15H19N3O2/c1-5-12(13-8-6-7-9(2)16-13)18-15(19)14-10(3)17-11(4)20-14/h6-8,12H,5H2,1-4H3,(H,18,19)/t12-/m0/s1. The van der Waals surface area contributed by atoms with Crippen LogP contribution in [0.3, 0.4) is 0 Å². The minimum atomic E-state index is -0.252. The molecular weight excluding hydrogens is 254 g/mol. The van der Waals surface area contributed by atoms with Crippen molar-refractivity contribution >= 4 is 5.91 Å². The molecule has 1 atom stereocenters. The zero-order valence-electron chi connectivity index (χ0n) is 12.2. The molecule has 2 rings (SSSR count). The van der Waals surface area contributed by atoms with Crippen molar-refractivity contribution in [3.05, 3.63) is 46.9 Å². The smallest absolute Gasteiger partial charge is 0.289 e. The van der Waals surface area contributed by atoms with E-state index in [1.807, 2.05) is 32.0 Å². The number of hydrogen-bond donors (Lipinski definition) is 1. The monoisotopic (exact) mass is 273 g/mol. The first-order valence-electron chi connectivity index (χ1n) is 6.69. The number of oxazole rings is 1. The first-order valence-corrected chi connectivity index (χ1v) is 6.69. The average molecular weight is 273 g/mol. The highest BCUT2D eigenvalue weighted by atomic mass is 16.4. The number of nitrogens with one attached hydrogen (secondary N) is 1. The number of amides is 1. The van der Waals surface area contributed by atoms with Gasteiger partial charge in [-0.05, 0) is 32.4 Å². The lowest BCUT2D eigenvalue weighted by Crippen LogP contribution is -2.29. The fourth-order valence-corrected chi connectivity index (χ4v) is 2.11. The summed E-state index contributed by atoms with van der Waals surface area (Å²) in [6.07, 6.45) is 0.758. The van der Waals surface area contributed by atoms with Crippen LogP contribution >= 0.6 is 0 Å². The number of aromatic nitrogens is 2. The second-order valence-electron chi connectivity index (χ2n) is 4.79. The molecule has 0 saturated heterocycles. The molecule has 0 aliphatic carbocycles. The Bertz CT molecular complexity index is 619. The third-order valence-corrected chi connectivity index (χ3v) is 3.09. The maximum atomic E-state index is 12.2. The number of nitrogens with zero attached hydrogens (tertiary/aromatic N) is 2. The Balaban J connectivity index is 2.18. The first-order chi connectivity index (χ1) is 9.51. The van der Waals surface area contributed by atoms with Crippen LogP contribution in [0.2, 0.25) is 0 Å². The van der Waals surface area contributed by atoms with Crippen molar-refractivity contribution in [1.29, 1.82) is 0 Å². The fourth-order valence-electron chi connectivity index (χ4n) is 2.11. The summed E-state index contributed by atoms with van der Waals surface area (Å²) in [6, 6.07) is 5.66. The maximum absolute atomic E-state index is 12.2. The fraction of sp³-hybridized carbons (Fsp3) is 0.400. The molecule has 0 unspecified atom stereocenters. The van der Waals surface area contributed by atoms with E-state index in [1.165, 1.54) is 0 Å². The van der Waals surface area contributed by atoms with Gasteiger partial charge in [0.15, 0.2) is 5.89 Å². The van der Waals surface area contributed by atoms with E-state index in [9.17, 15) is 4.79 Å². The van der Waals surface area contributed by atoms with E-state index in [0.717, 1.165) is 17.8 Å². The minimum absolute atomic E-state index is 0.132. The van der Waals surface area contributed by atoms with Crippen molar-refractivity contribution < 1.29 is 9.21 Å². The van der Waals surface area contributed by atoms with Gasteiger partial charge in [0.25, 0.3) is 5.91 Å². The Kier molecular flexibility index (Phi) is 4.17. The molecule has 1 amide bonds. The van der Waals surface area contributed by atoms with Crippen molar-refractivity contribution in [2.45, 2.75) is 40.2 Å². The summed E-state index contributed by atoms with van der Waals surface area (Å²) in [5, 5.41) is 2.95. The van der Waals surface area contributed by atoms with E-state index in [0.29, 0.717) is 11.6 Å². The van der Waals surface area contributed by atoms with Crippen molar-refractivity contribution in [2.24, 2.45) is 0 Å². The molecular formula is C15H19N3O2. The molecule has 0 saturated carbocycles. The summed E-state index contributed by atoms with van der Waals surface area (Å²) in [5.74, 6) is 0.515. The van der Waals surface area contributed by atoms with Crippen LogP contribution in [0.25, 0.3) is 0 Å². The lowest BCUT2D eigenvalue weighted by atomic mass is 10.1. The van der Waals surface area contributed by atoms with E-state index in [4.69, 9.17) is 4.42 Å². The Labute approximate surface area is 118 Å². The SMILES string of the molecule is CC[C@H](NC(=O)c1oc(C)nc1C)c1cccc(C)n1. The first kappa shape index (κ1) is 14.2. The highest BCUT2D eigenvalue weighted by Crippen LogP contribution is 2.17. The van der Waals surface area contributed by atoms with Gasteiger partial charge in [0.2, 0.25) is 5.76 Å². The highest BCUT2D eigenvalue weighted by molar-refractivity contribution is 5.92. The van der Waals surface area contributed by atoms with Crippen LogP contribution in [-0.4, -0.2) is 15.9 Å². The lowest BCUT2D eigenvalue weighted by Gasteiger charge is -2.16. The van der Waals surface area contributed by atoms with Gasteiger partial charge in [-0.15, -0.1) is 0 Å². The molecule has 0 aliphatic rings. The van der Waals surface area contributed by atoms with Gasteiger partial charge in [-0.25, -0.2) is 4.98 Å². The minimum Gasteiger partial charge on any atom is -0.436 e. The molecule has 0 spiro atoms. The van der Waals surface area contributed by atoms with Crippen LogP contribution < -0.4 is 5.32 Å². The van der Waals surface area contributed by atoms with Gasteiger partial charge in [-0.1, -0.05) is 13.0 Å². The largest absolute Gasteiger partial charge is 0.436 e. The Morgan fingerprint density at radius 1 is 1.30 bits per heavy atom. The molecule has 106 valence electrons. The van der Waals surface area contributed by atoms with Crippen LogP contribution in [-0.2, 0) is 0 Å². The highest BCUT2D eigenvalue weighted by Gasteiger charge is 2.20. The maximum Gasteiger partial charge on any atom is 0.289 e. The van der Waals surface area contributed by atoms with E-state index in [2.05, 4.69) is 15.3 Å². The van der Waals surface area contributed by atoms with Crippen molar-refractivity contribution in [2.75, 3.05) is 0 Å². The zero-order chi connectivity index (χ0) is 14.7. The number of carbonyl (C=O) groups is 1. The predicted octanol–water partition coefficient (Wildman–Crippen LogP) is 2.88. The Morgan fingerprint density at radius 3 is 2.60 bits per heavy atom. The summed E-state index contributed by atoms with van der Waals surface area (Å²) in [6.45, 7) is 7.43. The molecule has 0 fully saturated rings. The normalized spacial score (nSPS) is 12.2. The van der Waals surface area contributed by atoms with Crippen molar-refractivity contribution in [3.8, 4) is 0 Å². The molecule has 0 radical (unpaired) electrons. The number of hydrogen-bond acceptors (Lipinski definition) is 4. The summed E-state index contributed by atoms with van der Waals surface area (Å²) >= 11 is 0. The third kappa shape index (κ3) is 3.04.